The molecule has 0 saturated heterocycles. The lowest BCUT2D eigenvalue weighted by atomic mass is 10.1. The van der Waals surface area contributed by atoms with Gasteiger partial charge in [-0.05, 0) is 24.6 Å². The van der Waals surface area contributed by atoms with Gasteiger partial charge >= 0.3 is 0 Å². The van der Waals surface area contributed by atoms with E-state index < -0.39 is 0 Å². The number of aromatic amines is 1. The van der Waals surface area contributed by atoms with Gasteiger partial charge in [0.15, 0.2) is 5.65 Å². The van der Waals surface area contributed by atoms with Crippen LogP contribution in [0.15, 0.2) is 65.6 Å². The monoisotopic (exact) mass is 302 g/mol. The molecular formula is C18H14N4O. The van der Waals surface area contributed by atoms with Crippen LogP contribution in [0, 0.1) is 6.92 Å². The minimum atomic E-state index is -0.158. The third-order valence-electron chi connectivity index (χ3n) is 3.74. The second-order valence-electron chi connectivity index (χ2n) is 5.42. The Morgan fingerprint density at radius 1 is 1.00 bits per heavy atom. The number of aryl methyl sites for hydroxylation is 1. The van der Waals surface area contributed by atoms with Crippen LogP contribution in [0.5, 0.6) is 0 Å². The SMILES string of the molecule is Cc1ccc(-c2cc3nc(-c4ccccn4)cc(=O)n3[nH]2)cc1. The molecular weight excluding hydrogens is 288 g/mol. The highest BCUT2D eigenvalue weighted by molar-refractivity contribution is 5.66. The molecule has 0 spiro atoms. The van der Waals surface area contributed by atoms with E-state index in [9.17, 15) is 4.79 Å². The van der Waals surface area contributed by atoms with E-state index >= 15 is 0 Å². The number of aromatic nitrogens is 4. The molecule has 3 aromatic heterocycles. The largest absolute Gasteiger partial charge is 0.289 e. The molecule has 0 unspecified atom stereocenters. The zero-order chi connectivity index (χ0) is 15.8. The van der Waals surface area contributed by atoms with E-state index in [-0.39, 0.29) is 5.56 Å². The Kier molecular flexibility index (Phi) is 3.05. The van der Waals surface area contributed by atoms with Gasteiger partial charge in [-0.1, -0.05) is 35.9 Å². The normalized spacial score (nSPS) is 11.0. The van der Waals surface area contributed by atoms with Crippen molar-refractivity contribution in [2.45, 2.75) is 6.92 Å². The molecule has 23 heavy (non-hydrogen) atoms. The number of fused-ring (bicyclic) bond motifs is 1. The molecule has 4 aromatic rings. The minimum absolute atomic E-state index is 0.158. The fourth-order valence-corrected chi connectivity index (χ4v) is 2.52. The molecule has 0 aliphatic heterocycles. The molecule has 0 bridgehead atoms. The first-order chi connectivity index (χ1) is 11.2. The first-order valence-electron chi connectivity index (χ1n) is 7.32. The summed E-state index contributed by atoms with van der Waals surface area (Å²) in [6.07, 6.45) is 1.69. The molecule has 0 amide bonds. The van der Waals surface area contributed by atoms with Gasteiger partial charge in [-0.15, -0.1) is 0 Å². The molecule has 5 heteroatoms. The lowest BCUT2D eigenvalue weighted by Gasteiger charge is -1.99. The molecule has 0 aliphatic rings. The maximum Gasteiger partial charge on any atom is 0.273 e. The molecule has 1 N–H and O–H groups in total. The summed E-state index contributed by atoms with van der Waals surface area (Å²) in [5, 5.41) is 3.10. The predicted molar refractivity (Wildman–Crippen MR) is 89.2 cm³/mol. The van der Waals surface area contributed by atoms with Crippen molar-refractivity contribution in [3.8, 4) is 22.6 Å². The Labute approximate surface area is 132 Å². The summed E-state index contributed by atoms with van der Waals surface area (Å²) < 4.78 is 1.45. The smallest absolute Gasteiger partial charge is 0.273 e. The van der Waals surface area contributed by atoms with Crippen LogP contribution in [0.4, 0.5) is 0 Å². The molecule has 112 valence electrons. The average Bonchev–Trinajstić information content (AvgIpc) is 3.01. The van der Waals surface area contributed by atoms with Crippen molar-refractivity contribution >= 4 is 5.65 Å². The van der Waals surface area contributed by atoms with Gasteiger partial charge < -0.3 is 0 Å². The topological polar surface area (TPSA) is 63.1 Å². The van der Waals surface area contributed by atoms with Gasteiger partial charge in [0.2, 0.25) is 0 Å². The molecule has 0 radical (unpaired) electrons. The van der Waals surface area contributed by atoms with Gasteiger partial charge in [0.05, 0.1) is 17.1 Å². The second kappa shape index (κ2) is 5.21. The Morgan fingerprint density at radius 3 is 2.57 bits per heavy atom. The maximum absolute atomic E-state index is 12.3. The summed E-state index contributed by atoms with van der Waals surface area (Å²) in [6.45, 7) is 2.04. The van der Waals surface area contributed by atoms with Crippen LogP contribution in [0.25, 0.3) is 28.3 Å². The van der Waals surface area contributed by atoms with Crippen molar-refractivity contribution < 1.29 is 0 Å². The number of hydrogen-bond donors (Lipinski definition) is 1. The van der Waals surface area contributed by atoms with Crippen LogP contribution in [-0.4, -0.2) is 19.6 Å². The van der Waals surface area contributed by atoms with Gasteiger partial charge in [0.25, 0.3) is 5.56 Å². The van der Waals surface area contributed by atoms with Crippen LogP contribution >= 0.6 is 0 Å². The molecule has 0 atom stereocenters. The Bertz CT molecular complexity index is 1030. The van der Waals surface area contributed by atoms with Crippen molar-refractivity contribution in [3.05, 3.63) is 76.7 Å². The van der Waals surface area contributed by atoms with Gasteiger partial charge in [0, 0.05) is 18.3 Å². The van der Waals surface area contributed by atoms with E-state index in [0.29, 0.717) is 17.0 Å². The highest BCUT2D eigenvalue weighted by Gasteiger charge is 2.09. The van der Waals surface area contributed by atoms with E-state index in [0.717, 1.165) is 11.3 Å². The van der Waals surface area contributed by atoms with E-state index in [4.69, 9.17) is 0 Å². The fourth-order valence-electron chi connectivity index (χ4n) is 2.52. The Hall–Kier alpha value is -3.21. The zero-order valence-corrected chi connectivity index (χ0v) is 12.5. The highest BCUT2D eigenvalue weighted by Crippen LogP contribution is 2.20. The number of benzene rings is 1. The first-order valence-corrected chi connectivity index (χ1v) is 7.32. The van der Waals surface area contributed by atoms with Crippen LogP contribution in [0.3, 0.4) is 0 Å². The molecule has 1 aromatic carbocycles. The van der Waals surface area contributed by atoms with Gasteiger partial charge in [0.1, 0.15) is 0 Å². The molecule has 0 aliphatic carbocycles. The lowest BCUT2D eigenvalue weighted by Crippen LogP contribution is -2.14. The fraction of sp³-hybridized carbons (Fsp3) is 0.0556. The van der Waals surface area contributed by atoms with Gasteiger partial charge in [-0.25, -0.2) is 9.50 Å². The second-order valence-corrected chi connectivity index (χ2v) is 5.42. The summed E-state index contributed by atoms with van der Waals surface area (Å²) >= 11 is 0. The summed E-state index contributed by atoms with van der Waals surface area (Å²) in [5.74, 6) is 0. The standard InChI is InChI=1S/C18H14N4O/c1-12-5-7-13(8-6-12)15-10-17-20-16(11-18(23)22(17)21-15)14-4-2-3-9-19-14/h2-11,21H,1H3. The average molecular weight is 302 g/mol. The summed E-state index contributed by atoms with van der Waals surface area (Å²) in [6, 6.07) is 17.0. The number of pyridine rings is 1. The van der Waals surface area contributed by atoms with Crippen LogP contribution in [0.2, 0.25) is 0 Å². The first kappa shape index (κ1) is 13.5. The van der Waals surface area contributed by atoms with Crippen molar-refractivity contribution in [2.75, 3.05) is 0 Å². The van der Waals surface area contributed by atoms with E-state index in [1.807, 2.05) is 55.5 Å². The molecule has 5 nitrogen and oxygen atoms in total. The number of H-pyrrole nitrogens is 1. The van der Waals surface area contributed by atoms with Gasteiger partial charge in [-0.3, -0.25) is 14.9 Å². The third kappa shape index (κ3) is 2.42. The zero-order valence-electron chi connectivity index (χ0n) is 12.5. The molecule has 4 rings (SSSR count). The molecule has 3 heterocycles. The van der Waals surface area contributed by atoms with Crippen molar-refractivity contribution in [2.24, 2.45) is 0 Å². The minimum Gasteiger partial charge on any atom is -0.289 e. The summed E-state index contributed by atoms with van der Waals surface area (Å²) in [4.78, 5) is 21.1. The lowest BCUT2D eigenvalue weighted by molar-refractivity contribution is 0.903. The van der Waals surface area contributed by atoms with Crippen molar-refractivity contribution in [1.82, 2.24) is 19.6 Å². The van der Waals surface area contributed by atoms with Crippen molar-refractivity contribution in [1.29, 1.82) is 0 Å². The third-order valence-corrected chi connectivity index (χ3v) is 3.74. The van der Waals surface area contributed by atoms with Gasteiger partial charge in [-0.2, -0.15) is 0 Å². The Morgan fingerprint density at radius 2 is 1.83 bits per heavy atom. The van der Waals surface area contributed by atoms with Crippen LogP contribution in [-0.2, 0) is 0 Å². The number of rotatable bonds is 2. The number of hydrogen-bond acceptors (Lipinski definition) is 3. The quantitative estimate of drug-likeness (QED) is 0.619. The number of nitrogens with one attached hydrogen (secondary N) is 1. The van der Waals surface area contributed by atoms with E-state index in [2.05, 4.69) is 15.1 Å². The molecule has 0 saturated carbocycles. The summed E-state index contributed by atoms with van der Waals surface area (Å²) in [5.41, 5.74) is 4.74. The number of nitrogens with zero attached hydrogens (tertiary/aromatic N) is 3. The molecule has 0 fully saturated rings. The predicted octanol–water partition coefficient (Wildman–Crippen LogP) is 3.06. The van der Waals surface area contributed by atoms with Crippen molar-refractivity contribution in [3.63, 3.8) is 0 Å². The Balaban J connectivity index is 1.87. The van der Waals surface area contributed by atoms with E-state index in [1.165, 1.54) is 16.1 Å². The van der Waals surface area contributed by atoms with Crippen LogP contribution < -0.4 is 5.56 Å². The van der Waals surface area contributed by atoms with Crippen LogP contribution in [0.1, 0.15) is 5.56 Å². The summed E-state index contributed by atoms with van der Waals surface area (Å²) in [7, 11) is 0. The maximum atomic E-state index is 12.3. The highest BCUT2D eigenvalue weighted by atomic mass is 16.1. The van der Waals surface area contributed by atoms with E-state index in [1.54, 1.807) is 6.20 Å².